The number of carbonyl (C=O) groups is 1. The second-order valence-corrected chi connectivity index (χ2v) is 4.90. The summed E-state index contributed by atoms with van der Waals surface area (Å²) in [6.07, 6.45) is 1.34. The Morgan fingerprint density at radius 2 is 2.05 bits per heavy atom. The third-order valence-corrected chi connectivity index (χ3v) is 3.46. The van der Waals surface area contributed by atoms with Crippen LogP contribution in [0.2, 0.25) is 0 Å². The first-order chi connectivity index (χ1) is 9.10. The first-order valence-corrected chi connectivity index (χ1v) is 6.49. The fourth-order valence-corrected chi connectivity index (χ4v) is 2.28. The molecule has 0 radical (unpaired) electrons. The van der Waals surface area contributed by atoms with Gasteiger partial charge < -0.3 is 4.90 Å². The Kier molecular flexibility index (Phi) is 4.32. The Bertz CT molecular complexity index is 479. The van der Waals surface area contributed by atoms with Gasteiger partial charge in [-0.2, -0.15) is 0 Å². The highest BCUT2D eigenvalue weighted by atomic mass is 19.1. The minimum Gasteiger partial charge on any atom is -0.337 e. The van der Waals surface area contributed by atoms with Gasteiger partial charge in [0, 0.05) is 38.3 Å². The van der Waals surface area contributed by atoms with Crippen molar-refractivity contribution in [2.24, 2.45) is 0 Å². The Balaban J connectivity index is 1.92. The smallest absolute Gasteiger partial charge is 0.246 e. The molecule has 1 aliphatic rings. The van der Waals surface area contributed by atoms with Crippen LogP contribution in [0, 0.1) is 12.7 Å². The highest BCUT2D eigenvalue weighted by Gasteiger charge is 2.19. The first kappa shape index (κ1) is 13.7. The van der Waals surface area contributed by atoms with E-state index in [0.717, 1.165) is 18.7 Å². The zero-order valence-corrected chi connectivity index (χ0v) is 11.2. The second-order valence-electron chi connectivity index (χ2n) is 4.90. The Morgan fingerprint density at radius 1 is 1.37 bits per heavy atom. The van der Waals surface area contributed by atoms with Gasteiger partial charge in [0.25, 0.3) is 0 Å². The van der Waals surface area contributed by atoms with Crippen molar-refractivity contribution in [3.8, 4) is 0 Å². The van der Waals surface area contributed by atoms with Crippen LogP contribution in [-0.4, -0.2) is 41.9 Å². The number of hydrogen-bond donors (Lipinski definition) is 0. The average Bonchev–Trinajstić information content (AvgIpc) is 2.42. The monoisotopic (exact) mass is 262 g/mol. The molecule has 0 atom stereocenters. The molecule has 0 bridgehead atoms. The van der Waals surface area contributed by atoms with Gasteiger partial charge in [-0.3, -0.25) is 9.69 Å². The van der Waals surface area contributed by atoms with Gasteiger partial charge in [0.15, 0.2) is 0 Å². The molecule has 1 aromatic carbocycles. The van der Waals surface area contributed by atoms with E-state index in [1.54, 1.807) is 11.0 Å². The molecule has 102 valence electrons. The van der Waals surface area contributed by atoms with Gasteiger partial charge in [-0.05, 0) is 24.6 Å². The molecule has 0 aromatic heterocycles. The summed E-state index contributed by atoms with van der Waals surface area (Å²) in [7, 11) is 0. The molecule has 1 aromatic rings. The number of halogens is 1. The largest absolute Gasteiger partial charge is 0.337 e. The molecule has 0 spiro atoms. The van der Waals surface area contributed by atoms with E-state index in [1.807, 2.05) is 19.1 Å². The number of piperazine rings is 1. The van der Waals surface area contributed by atoms with Gasteiger partial charge in [-0.1, -0.05) is 18.7 Å². The van der Waals surface area contributed by atoms with Crippen LogP contribution in [0.25, 0.3) is 0 Å². The fraction of sp³-hybridized carbons (Fsp3) is 0.400. The van der Waals surface area contributed by atoms with Crippen molar-refractivity contribution in [1.82, 2.24) is 9.80 Å². The van der Waals surface area contributed by atoms with Gasteiger partial charge in [0.1, 0.15) is 5.82 Å². The predicted molar refractivity (Wildman–Crippen MR) is 73.2 cm³/mol. The van der Waals surface area contributed by atoms with Crippen molar-refractivity contribution < 1.29 is 9.18 Å². The lowest BCUT2D eigenvalue weighted by Crippen LogP contribution is -2.47. The van der Waals surface area contributed by atoms with Crippen LogP contribution < -0.4 is 0 Å². The van der Waals surface area contributed by atoms with E-state index in [-0.39, 0.29) is 11.7 Å². The van der Waals surface area contributed by atoms with Crippen LogP contribution >= 0.6 is 0 Å². The lowest BCUT2D eigenvalue weighted by molar-refractivity contribution is -0.127. The molecule has 0 N–H and O–H groups in total. The zero-order chi connectivity index (χ0) is 13.8. The molecule has 1 aliphatic heterocycles. The predicted octanol–water partition coefficient (Wildman–Crippen LogP) is 1.96. The molecule has 1 amide bonds. The van der Waals surface area contributed by atoms with Crippen molar-refractivity contribution in [3.63, 3.8) is 0 Å². The maximum atomic E-state index is 13.8. The summed E-state index contributed by atoms with van der Waals surface area (Å²) in [6.45, 7) is 8.87. The van der Waals surface area contributed by atoms with Gasteiger partial charge in [-0.25, -0.2) is 4.39 Å². The molecule has 0 saturated carbocycles. The topological polar surface area (TPSA) is 23.6 Å². The van der Waals surface area contributed by atoms with Crippen molar-refractivity contribution in [2.45, 2.75) is 13.5 Å². The highest BCUT2D eigenvalue weighted by Crippen LogP contribution is 2.14. The van der Waals surface area contributed by atoms with Gasteiger partial charge in [0.05, 0.1) is 0 Å². The van der Waals surface area contributed by atoms with E-state index >= 15 is 0 Å². The van der Waals surface area contributed by atoms with Crippen molar-refractivity contribution in [1.29, 1.82) is 0 Å². The molecule has 0 unspecified atom stereocenters. The second kappa shape index (κ2) is 5.97. The molecule has 2 rings (SSSR count). The van der Waals surface area contributed by atoms with Crippen LogP contribution in [0.1, 0.15) is 11.1 Å². The molecule has 4 heteroatoms. The van der Waals surface area contributed by atoms with E-state index < -0.39 is 0 Å². The summed E-state index contributed by atoms with van der Waals surface area (Å²) in [5.74, 6) is -0.175. The number of rotatable bonds is 3. The molecular formula is C15H19FN2O. The highest BCUT2D eigenvalue weighted by molar-refractivity contribution is 5.87. The van der Waals surface area contributed by atoms with Gasteiger partial charge >= 0.3 is 0 Å². The molecular weight excluding hydrogens is 243 g/mol. The van der Waals surface area contributed by atoms with E-state index in [1.165, 1.54) is 6.08 Å². The fourth-order valence-electron chi connectivity index (χ4n) is 2.28. The van der Waals surface area contributed by atoms with Crippen molar-refractivity contribution in [2.75, 3.05) is 26.2 Å². The summed E-state index contributed by atoms with van der Waals surface area (Å²) >= 11 is 0. The van der Waals surface area contributed by atoms with Crippen LogP contribution in [-0.2, 0) is 11.3 Å². The molecule has 1 fully saturated rings. The molecule has 19 heavy (non-hydrogen) atoms. The summed E-state index contributed by atoms with van der Waals surface area (Å²) in [6, 6.07) is 5.33. The third-order valence-electron chi connectivity index (χ3n) is 3.46. The molecule has 1 heterocycles. The van der Waals surface area contributed by atoms with E-state index in [0.29, 0.717) is 25.2 Å². The minimum absolute atomic E-state index is 0.0267. The number of aryl methyl sites for hydroxylation is 1. The van der Waals surface area contributed by atoms with Crippen LogP contribution in [0.15, 0.2) is 30.9 Å². The van der Waals surface area contributed by atoms with Crippen molar-refractivity contribution >= 4 is 5.91 Å². The summed E-state index contributed by atoms with van der Waals surface area (Å²) in [4.78, 5) is 15.4. The van der Waals surface area contributed by atoms with E-state index in [2.05, 4.69) is 11.5 Å². The first-order valence-electron chi connectivity index (χ1n) is 6.49. The normalized spacial score (nSPS) is 16.4. The standard InChI is InChI=1S/C15H19FN2O/c1-3-15(19)18-8-6-17(7-9-18)11-13-5-4-12(2)10-14(13)16/h3-5,10H,1,6-9,11H2,2H3. The number of nitrogens with zero attached hydrogens (tertiary/aromatic N) is 2. The number of hydrogen-bond acceptors (Lipinski definition) is 2. The SMILES string of the molecule is C=CC(=O)N1CCN(Cc2ccc(C)cc2F)CC1. The van der Waals surface area contributed by atoms with Crippen LogP contribution in [0.5, 0.6) is 0 Å². The molecule has 1 saturated heterocycles. The minimum atomic E-state index is -0.149. The quantitative estimate of drug-likeness (QED) is 0.778. The van der Waals surface area contributed by atoms with Crippen molar-refractivity contribution in [3.05, 3.63) is 47.8 Å². The van der Waals surface area contributed by atoms with E-state index in [9.17, 15) is 9.18 Å². The average molecular weight is 262 g/mol. The van der Waals surface area contributed by atoms with E-state index in [4.69, 9.17) is 0 Å². The number of benzene rings is 1. The summed E-state index contributed by atoms with van der Waals surface area (Å²) < 4.78 is 13.8. The zero-order valence-electron chi connectivity index (χ0n) is 11.2. The lowest BCUT2D eigenvalue weighted by Gasteiger charge is -2.34. The lowest BCUT2D eigenvalue weighted by atomic mass is 10.1. The van der Waals surface area contributed by atoms with Gasteiger partial charge in [-0.15, -0.1) is 0 Å². The van der Waals surface area contributed by atoms with Crippen LogP contribution in [0.4, 0.5) is 4.39 Å². The Hall–Kier alpha value is -1.68. The maximum Gasteiger partial charge on any atom is 0.246 e. The Labute approximate surface area is 113 Å². The molecule has 0 aliphatic carbocycles. The van der Waals surface area contributed by atoms with Gasteiger partial charge in [0.2, 0.25) is 5.91 Å². The summed E-state index contributed by atoms with van der Waals surface area (Å²) in [5, 5.41) is 0. The number of amides is 1. The Morgan fingerprint density at radius 3 is 2.63 bits per heavy atom. The number of carbonyl (C=O) groups excluding carboxylic acids is 1. The summed E-state index contributed by atoms with van der Waals surface area (Å²) in [5.41, 5.74) is 1.65. The molecule has 3 nitrogen and oxygen atoms in total. The van der Waals surface area contributed by atoms with Crippen LogP contribution in [0.3, 0.4) is 0 Å². The third kappa shape index (κ3) is 3.41. The maximum absolute atomic E-state index is 13.8.